The first-order chi connectivity index (χ1) is 13.6. The van der Waals surface area contributed by atoms with Crippen molar-refractivity contribution in [3.8, 4) is 0 Å². The molecule has 140 valence electrons. The monoisotopic (exact) mass is 372 g/mol. The molecule has 2 heterocycles. The molecule has 4 rings (SSSR count). The van der Waals surface area contributed by atoms with Gasteiger partial charge in [-0.1, -0.05) is 24.3 Å². The van der Waals surface area contributed by atoms with Crippen LogP contribution in [0.1, 0.15) is 27.2 Å². The number of rotatable bonds is 4. The van der Waals surface area contributed by atoms with Gasteiger partial charge in [-0.2, -0.15) is 0 Å². The van der Waals surface area contributed by atoms with Crippen LogP contribution >= 0.6 is 0 Å². The first-order valence-electron chi connectivity index (χ1n) is 9.05. The topological polar surface area (TPSA) is 67.7 Å². The maximum atomic E-state index is 12.9. The Balaban J connectivity index is 1.80. The molecule has 0 aliphatic carbocycles. The third-order valence-corrected chi connectivity index (χ3v) is 4.34. The van der Waals surface area contributed by atoms with Crippen molar-refractivity contribution in [3.05, 3.63) is 94.9 Å². The molecule has 0 saturated carbocycles. The summed E-state index contributed by atoms with van der Waals surface area (Å²) in [5.74, 6) is 0.410. The minimum atomic E-state index is -0.269. The molecule has 0 unspecified atom stereocenters. The third kappa shape index (κ3) is 3.88. The predicted molar refractivity (Wildman–Crippen MR) is 107 cm³/mol. The Morgan fingerprint density at radius 3 is 2.54 bits per heavy atom. The number of fused-ring (bicyclic) bond motifs is 1. The Kier molecular flexibility index (Phi) is 4.81. The normalized spacial score (nSPS) is 11.7. The van der Waals surface area contributed by atoms with Crippen LogP contribution in [-0.2, 0) is 6.54 Å². The number of para-hydroxylation sites is 1. The molecule has 0 fully saturated rings. The van der Waals surface area contributed by atoms with Crippen LogP contribution < -0.4 is 10.9 Å². The van der Waals surface area contributed by atoms with Crippen LogP contribution in [0.2, 0.25) is 0 Å². The number of nitrogens with one attached hydrogen (secondary N) is 1. The van der Waals surface area contributed by atoms with E-state index in [1.165, 1.54) is 0 Å². The quantitative estimate of drug-likeness (QED) is 0.559. The highest BCUT2D eigenvalue weighted by Crippen LogP contribution is 2.18. The van der Waals surface area contributed by atoms with Crippen molar-refractivity contribution < 1.29 is 13.6 Å². The zero-order chi connectivity index (χ0) is 19.5. The van der Waals surface area contributed by atoms with Crippen molar-refractivity contribution in [2.45, 2.75) is 20.4 Å². The van der Waals surface area contributed by atoms with Gasteiger partial charge in [-0.25, -0.2) is 4.99 Å². The molecule has 2 aromatic heterocycles. The molecular weight excluding hydrogens is 352 g/mol. The lowest BCUT2D eigenvalue weighted by Crippen LogP contribution is -2.28. The Hall–Kier alpha value is -3.60. The summed E-state index contributed by atoms with van der Waals surface area (Å²) in [6.07, 6.45) is 1.58. The van der Waals surface area contributed by atoms with E-state index in [0.29, 0.717) is 23.5 Å². The van der Waals surface area contributed by atoms with E-state index in [-0.39, 0.29) is 11.5 Å². The number of benzene rings is 2. The van der Waals surface area contributed by atoms with Crippen molar-refractivity contribution in [2.24, 2.45) is 4.99 Å². The largest absolute Gasteiger partial charge is 0.467 e. The van der Waals surface area contributed by atoms with Crippen LogP contribution in [0.4, 0.5) is 5.69 Å². The van der Waals surface area contributed by atoms with E-state index in [4.69, 9.17) is 8.83 Å². The molecule has 0 saturated heterocycles. The minimum Gasteiger partial charge on any atom is -0.467 e. The molecule has 28 heavy (non-hydrogen) atoms. The van der Waals surface area contributed by atoms with Crippen molar-refractivity contribution in [3.63, 3.8) is 0 Å². The molecule has 0 aliphatic heterocycles. The molecule has 1 amide bonds. The standard InChI is InChI=1S/C23H20N2O3/c1-15-10-16(2)12-18(11-15)25-23-20(13-17-6-3-4-8-21(17)28-23)22(26)24-14-19-7-5-9-27-19/h3-13H,14H2,1-2H3,(H,24,26). The lowest BCUT2D eigenvalue weighted by Gasteiger charge is -2.06. The van der Waals surface area contributed by atoms with Gasteiger partial charge in [0.25, 0.3) is 5.91 Å². The van der Waals surface area contributed by atoms with Crippen LogP contribution in [0.15, 0.2) is 80.8 Å². The van der Waals surface area contributed by atoms with Gasteiger partial charge in [-0.05, 0) is 61.4 Å². The van der Waals surface area contributed by atoms with E-state index in [1.807, 2.05) is 56.3 Å². The lowest BCUT2D eigenvalue weighted by molar-refractivity contribution is 0.0944. The molecule has 2 aromatic carbocycles. The highest BCUT2D eigenvalue weighted by atomic mass is 16.3. The lowest BCUT2D eigenvalue weighted by atomic mass is 10.1. The maximum absolute atomic E-state index is 12.9. The molecule has 0 radical (unpaired) electrons. The highest BCUT2D eigenvalue weighted by Gasteiger charge is 2.13. The zero-order valence-corrected chi connectivity index (χ0v) is 15.7. The van der Waals surface area contributed by atoms with Crippen LogP contribution in [0.5, 0.6) is 0 Å². The van der Waals surface area contributed by atoms with Crippen LogP contribution in [0.25, 0.3) is 11.0 Å². The summed E-state index contributed by atoms with van der Waals surface area (Å²) in [6, 6.07) is 19.0. The van der Waals surface area contributed by atoms with Gasteiger partial charge in [0.15, 0.2) is 0 Å². The van der Waals surface area contributed by atoms with Gasteiger partial charge >= 0.3 is 0 Å². The van der Waals surface area contributed by atoms with Crippen molar-refractivity contribution >= 4 is 22.6 Å². The van der Waals surface area contributed by atoms with E-state index >= 15 is 0 Å². The molecule has 5 nitrogen and oxygen atoms in total. The number of aryl methyl sites for hydroxylation is 2. The molecule has 1 N–H and O–H groups in total. The van der Waals surface area contributed by atoms with E-state index in [1.54, 1.807) is 18.4 Å². The molecule has 0 aliphatic rings. The van der Waals surface area contributed by atoms with Crippen LogP contribution in [0, 0.1) is 13.8 Å². The van der Waals surface area contributed by atoms with Crippen molar-refractivity contribution in [1.82, 2.24) is 5.32 Å². The molecular formula is C23H20N2O3. The second-order valence-corrected chi connectivity index (χ2v) is 6.72. The summed E-state index contributed by atoms with van der Waals surface area (Å²) in [7, 11) is 0. The smallest absolute Gasteiger partial charge is 0.257 e. The first kappa shape index (κ1) is 17.8. The highest BCUT2D eigenvalue weighted by molar-refractivity contribution is 5.96. The summed E-state index contributed by atoms with van der Waals surface area (Å²) >= 11 is 0. The fourth-order valence-corrected chi connectivity index (χ4v) is 3.12. The van der Waals surface area contributed by atoms with E-state index in [2.05, 4.69) is 16.4 Å². The van der Waals surface area contributed by atoms with Crippen LogP contribution in [-0.4, -0.2) is 5.91 Å². The van der Waals surface area contributed by atoms with E-state index in [9.17, 15) is 4.79 Å². The number of carbonyl (C=O) groups excluding carboxylic acids is 1. The van der Waals surface area contributed by atoms with Gasteiger partial charge in [0.1, 0.15) is 16.9 Å². The number of amides is 1. The van der Waals surface area contributed by atoms with Gasteiger partial charge < -0.3 is 14.2 Å². The average Bonchev–Trinajstić information content (AvgIpc) is 3.18. The third-order valence-electron chi connectivity index (χ3n) is 4.34. The second kappa shape index (κ2) is 7.56. The van der Waals surface area contributed by atoms with E-state index in [0.717, 1.165) is 22.2 Å². The predicted octanol–water partition coefficient (Wildman–Crippen LogP) is 4.81. The number of hydrogen-bond donors (Lipinski definition) is 1. The Bertz CT molecular complexity index is 1180. The Morgan fingerprint density at radius 2 is 1.79 bits per heavy atom. The number of furan rings is 1. The molecule has 4 aromatic rings. The minimum absolute atomic E-state index is 0.269. The summed E-state index contributed by atoms with van der Waals surface area (Å²) in [5, 5.41) is 3.70. The summed E-state index contributed by atoms with van der Waals surface area (Å²) in [5.41, 5.74) is 4.28. The second-order valence-electron chi connectivity index (χ2n) is 6.72. The average molecular weight is 372 g/mol. The van der Waals surface area contributed by atoms with Gasteiger partial charge in [0, 0.05) is 5.39 Å². The van der Waals surface area contributed by atoms with Crippen molar-refractivity contribution in [2.75, 3.05) is 0 Å². The zero-order valence-electron chi connectivity index (χ0n) is 15.7. The molecule has 0 atom stereocenters. The molecule has 5 heteroatoms. The summed E-state index contributed by atoms with van der Waals surface area (Å²) in [6.45, 7) is 4.32. The van der Waals surface area contributed by atoms with Gasteiger partial charge in [0.05, 0.1) is 18.5 Å². The van der Waals surface area contributed by atoms with Gasteiger partial charge in [-0.15, -0.1) is 0 Å². The number of carbonyl (C=O) groups is 1. The first-order valence-corrected chi connectivity index (χ1v) is 9.05. The summed E-state index contributed by atoms with van der Waals surface area (Å²) in [4.78, 5) is 17.5. The fraction of sp³-hybridized carbons (Fsp3) is 0.130. The SMILES string of the molecule is Cc1cc(C)cc(N=c2oc3ccccc3cc2C(=O)NCc2ccco2)c1. The summed E-state index contributed by atoms with van der Waals surface area (Å²) < 4.78 is 11.3. The van der Waals surface area contributed by atoms with Crippen molar-refractivity contribution in [1.29, 1.82) is 0 Å². The number of hydrogen-bond acceptors (Lipinski definition) is 4. The Labute approximate surface area is 162 Å². The van der Waals surface area contributed by atoms with E-state index < -0.39 is 0 Å². The maximum Gasteiger partial charge on any atom is 0.257 e. The van der Waals surface area contributed by atoms with Gasteiger partial charge in [0.2, 0.25) is 5.55 Å². The molecule has 0 spiro atoms. The molecule has 0 bridgehead atoms. The Morgan fingerprint density at radius 1 is 1.00 bits per heavy atom. The fourth-order valence-electron chi connectivity index (χ4n) is 3.12. The van der Waals surface area contributed by atoms with Crippen LogP contribution in [0.3, 0.4) is 0 Å². The van der Waals surface area contributed by atoms with Gasteiger partial charge in [-0.3, -0.25) is 4.79 Å². The number of nitrogens with zero attached hydrogens (tertiary/aromatic N) is 1.